The molecule has 3 rings (SSSR count). The molecule has 6 heteroatoms. The van der Waals surface area contributed by atoms with Gasteiger partial charge in [0.05, 0.1) is 12.1 Å². The van der Waals surface area contributed by atoms with Gasteiger partial charge in [0.25, 0.3) is 0 Å². The zero-order valence-corrected chi connectivity index (χ0v) is 9.18. The minimum atomic E-state index is 0.505. The van der Waals surface area contributed by atoms with Crippen LogP contribution in [-0.2, 0) is 6.42 Å². The summed E-state index contributed by atoms with van der Waals surface area (Å²) in [5, 5.41) is 6.30. The molecule has 0 amide bonds. The van der Waals surface area contributed by atoms with Gasteiger partial charge < -0.3 is 5.73 Å². The smallest absolute Gasteiger partial charge is 0.157 e. The van der Waals surface area contributed by atoms with E-state index in [2.05, 4.69) is 14.5 Å². The molecule has 0 unspecified atom stereocenters. The number of hydrogen-bond donors (Lipinski definition) is 1. The van der Waals surface area contributed by atoms with Crippen molar-refractivity contribution in [2.75, 3.05) is 5.73 Å². The quantitative estimate of drug-likeness (QED) is 0.723. The number of anilines is 1. The Labute approximate surface area is 95.7 Å². The van der Waals surface area contributed by atoms with Gasteiger partial charge >= 0.3 is 0 Å². The topological polar surface area (TPSA) is 69.1 Å². The van der Waals surface area contributed by atoms with Gasteiger partial charge in [-0.05, 0) is 29.7 Å². The molecule has 80 valence electrons. The van der Waals surface area contributed by atoms with Gasteiger partial charge in [-0.3, -0.25) is 0 Å². The van der Waals surface area contributed by atoms with Crippen LogP contribution < -0.4 is 5.73 Å². The molecule has 2 N–H and O–H groups in total. The van der Waals surface area contributed by atoms with E-state index in [0.29, 0.717) is 18.1 Å². The van der Waals surface area contributed by atoms with Gasteiger partial charge in [-0.2, -0.15) is 9.47 Å². The molecule has 5 nitrogen and oxygen atoms in total. The van der Waals surface area contributed by atoms with Crippen LogP contribution >= 0.6 is 11.5 Å². The van der Waals surface area contributed by atoms with Crippen molar-refractivity contribution in [3.8, 4) is 0 Å². The van der Waals surface area contributed by atoms with Crippen LogP contribution in [0.15, 0.2) is 29.8 Å². The molecule has 3 aromatic rings. The van der Waals surface area contributed by atoms with Crippen LogP contribution in [0.5, 0.6) is 0 Å². The standard InChI is InChI=1S/C10H9N5S/c11-10-8-2-1-4-15(8)13-9(12-10)6-7-3-5-16-14-7/h1-5H,6H2,(H2,11,12,13). The summed E-state index contributed by atoms with van der Waals surface area (Å²) < 4.78 is 5.96. The molecule has 0 atom stereocenters. The Balaban J connectivity index is 2.04. The van der Waals surface area contributed by atoms with E-state index >= 15 is 0 Å². The van der Waals surface area contributed by atoms with E-state index in [1.807, 2.05) is 29.8 Å². The summed E-state index contributed by atoms with van der Waals surface area (Å²) in [5.41, 5.74) is 7.64. The van der Waals surface area contributed by atoms with Gasteiger partial charge in [-0.15, -0.1) is 0 Å². The second-order valence-corrected chi connectivity index (χ2v) is 4.08. The van der Waals surface area contributed by atoms with Crippen LogP contribution in [0.1, 0.15) is 11.5 Å². The Bertz CT molecular complexity index is 613. The molecule has 3 aromatic heterocycles. The zero-order valence-electron chi connectivity index (χ0n) is 8.37. The number of hydrogen-bond acceptors (Lipinski definition) is 5. The molecule has 0 aliphatic heterocycles. The molecule has 0 spiro atoms. The van der Waals surface area contributed by atoms with Crippen LogP contribution in [0, 0.1) is 0 Å². The number of nitrogens with zero attached hydrogens (tertiary/aromatic N) is 4. The highest BCUT2D eigenvalue weighted by Crippen LogP contribution is 2.12. The lowest BCUT2D eigenvalue weighted by Crippen LogP contribution is -2.06. The van der Waals surface area contributed by atoms with E-state index in [9.17, 15) is 0 Å². The Hall–Kier alpha value is -1.95. The highest BCUT2D eigenvalue weighted by Gasteiger charge is 2.06. The fourth-order valence-corrected chi connectivity index (χ4v) is 2.11. The summed E-state index contributed by atoms with van der Waals surface area (Å²) in [6, 6.07) is 5.75. The normalized spacial score (nSPS) is 11.0. The van der Waals surface area contributed by atoms with Crippen LogP contribution in [0.25, 0.3) is 5.52 Å². The first-order valence-corrected chi connectivity index (χ1v) is 5.65. The molecule has 0 radical (unpaired) electrons. The van der Waals surface area contributed by atoms with Crippen molar-refractivity contribution < 1.29 is 0 Å². The predicted molar refractivity (Wildman–Crippen MR) is 62.3 cm³/mol. The zero-order chi connectivity index (χ0) is 11.0. The maximum absolute atomic E-state index is 5.84. The average molecular weight is 231 g/mol. The minimum Gasteiger partial charge on any atom is -0.382 e. The SMILES string of the molecule is Nc1nc(Cc2ccsn2)nn2cccc12. The fraction of sp³-hybridized carbons (Fsp3) is 0.100. The molecular weight excluding hydrogens is 222 g/mol. The van der Waals surface area contributed by atoms with Gasteiger partial charge in [0.15, 0.2) is 11.6 Å². The number of rotatable bonds is 2. The van der Waals surface area contributed by atoms with Crippen molar-refractivity contribution in [2.24, 2.45) is 0 Å². The van der Waals surface area contributed by atoms with Crippen molar-refractivity contribution in [3.05, 3.63) is 41.3 Å². The molecule has 16 heavy (non-hydrogen) atoms. The Kier molecular flexibility index (Phi) is 2.07. The Morgan fingerprint density at radius 3 is 3.12 bits per heavy atom. The predicted octanol–water partition coefficient (Wildman–Crippen LogP) is 1.36. The maximum atomic E-state index is 5.84. The summed E-state index contributed by atoms with van der Waals surface area (Å²) in [6.45, 7) is 0. The summed E-state index contributed by atoms with van der Waals surface area (Å²) in [4.78, 5) is 4.26. The van der Waals surface area contributed by atoms with Crippen molar-refractivity contribution in [1.29, 1.82) is 0 Å². The molecular formula is C10H9N5S. The first-order valence-electron chi connectivity index (χ1n) is 4.82. The van der Waals surface area contributed by atoms with Gasteiger partial charge in [-0.25, -0.2) is 9.50 Å². The Morgan fingerprint density at radius 2 is 2.31 bits per heavy atom. The van der Waals surface area contributed by atoms with Gasteiger partial charge in [0.2, 0.25) is 0 Å². The number of aromatic nitrogens is 4. The molecule has 0 saturated heterocycles. The van der Waals surface area contributed by atoms with Crippen molar-refractivity contribution >= 4 is 22.9 Å². The molecule has 0 saturated carbocycles. The van der Waals surface area contributed by atoms with Crippen molar-refractivity contribution in [2.45, 2.75) is 6.42 Å². The maximum Gasteiger partial charge on any atom is 0.157 e. The first-order chi connectivity index (χ1) is 7.83. The van der Waals surface area contributed by atoms with Gasteiger partial charge in [0.1, 0.15) is 5.52 Å². The number of fused-ring (bicyclic) bond motifs is 1. The first kappa shape index (κ1) is 9.29. The fourth-order valence-electron chi connectivity index (χ4n) is 1.57. The molecule has 0 bridgehead atoms. The average Bonchev–Trinajstić information content (AvgIpc) is 2.87. The summed E-state index contributed by atoms with van der Waals surface area (Å²) in [7, 11) is 0. The van der Waals surface area contributed by atoms with Crippen LogP contribution in [0.4, 0.5) is 5.82 Å². The summed E-state index contributed by atoms with van der Waals surface area (Å²) in [6.07, 6.45) is 2.47. The summed E-state index contributed by atoms with van der Waals surface area (Å²) >= 11 is 1.42. The van der Waals surface area contributed by atoms with E-state index in [1.54, 1.807) is 4.52 Å². The van der Waals surface area contributed by atoms with Crippen LogP contribution in [-0.4, -0.2) is 19.0 Å². The van der Waals surface area contributed by atoms with Gasteiger partial charge in [0, 0.05) is 11.6 Å². The van der Waals surface area contributed by atoms with Crippen molar-refractivity contribution in [1.82, 2.24) is 19.0 Å². The minimum absolute atomic E-state index is 0.505. The second-order valence-electron chi connectivity index (χ2n) is 3.42. The largest absolute Gasteiger partial charge is 0.382 e. The van der Waals surface area contributed by atoms with E-state index < -0.39 is 0 Å². The molecule has 0 aliphatic carbocycles. The lowest BCUT2D eigenvalue weighted by Gasteiger charge is -2.02. The van der Waals surface area contributed by atoms with E-state index in [4.69, 9.17) is 5.73 Å². The molecule has 3 heterocycles. The third kappa shape index (κ3) is 1.53. The monoisotopic (exact) mass is 231 g/mol. The lowest BCUT2D eigenvalue weighted by molar-refractivity contribution is 0.824. The number of nitrogens with two attached hydrogens (primary N) is 1. The van der Waals surface area contributed by atoms with Crippen LogP contribution in [0.3, 0.4) is 0 Å². The second kappa shape index (κ2) is 3.57. The van der Waals surface area contributed by atoms with E-state index in [0.717, 1.165) is 11.2 Å². The molecule has 0 aliphatic rings. The highest BCUT2D eigenvalue weighted by atomic mass is 32.1. The van der Waals surface area contributed by atoms with Gasteiger partial charge in [-0.1, -0.05) is 0 Å². The summed E-state index contributed by atoms with van der Waals surface area (Å²) in [5.74, 6) is 1.19. The third-order valence-electron chi connectivity index (χ3n) is 2.29. The van der Waals surface area contributed by atoms with Crippen molar-refractivity contribution in [3.63, 3.8) is 0 Å². The molecule has 0 fully saturated rings. The number of nitrogen functional groups attached to an aromatic ring is 1. The Morgan fingerprint density at radius 1 is 1.38 bits per heavy atom. The highest BCUT2D eigenvalue weighted by molar-refractivity contribution is 7.03. The molecule has 0 aromatic carbocycles. The lowest BCUT2D eigenvalue weighted by atomic mass is 10.3. The van der Waals surface area contributed by atoms with E-state index in [1.165, 1.54) is 11.5 Å². The van der Waals surface area contributed by atoms with Crippen LogP contribution in [0.2, 0.25) is 0 Å². The third-order valence-corrected chi connectivity index (χ3v) is 2.89. The van der Waals surface area contributed by atoms with E-state index in [-0.39, 0.29) is 0 Å².